The number of alkyl halides is 1. The normalized spacial score (nSPS) is 22.5. The number of benzene rings is 1. The summed E-state index contributed by atoms with van der Waals surface area (Å²) in [5, 5.41) is 0. The summed E-state index contributed by atoms with van der Waals surface area (Å²) in [7, 11) is 0. The Balaban J connectivity index is 1.71. The molecule has 7 heteroatoms. The Morgan fingerprint density at radius 3 is 2.77 bits per heavy atom. The molecule has 5 nitrogen and oxygen atoms in total. The van der Waals surface area contributed by atoms with Gasteiger partial charge in [0.15, 0.2) is 5.84 Å². The van der Waals surface area contributed by atoms with Crippen molar-refractivity contribution in [2.24, 2.45) is 15.7 Å². The van der Waals surface area contributed by atoms with Crippen LogP contribution in [0.25, 0.3) is 0 Å². The molecule has 2 N–H and O–H groups in total. The van der Waals surface area contributed by atoms with Crippen LogP contribution in [0.2, 0.25) is 0 Å². The van der Waals surface area contributed by atoms with Crippen molar-refractivity contribution in [1.82, 2.24) is 4.90 Å². The van der Waals surface area contributed by atoms with E-state index in [9.17, 15) is 13.6 Å². The van der Waals surface area contributed by atoms with E-state index in [-0.39, 0.29) is 30.8 Å². The fraction of sp³-hybridized carbons (Fsp3) is 0.400. The van der Waals surface area contributed by atoms with Crippen LogP contribution in [0.5, 0.6) is 0 Å². The predicted molar refractivity (Wildman–Crippen MR) is 78.9 cm³/mol. The van der Waals surface area contributed by atoms with E-state index in [1.165, 1.54) is 11.0 Å². The minimum absolute atomic E-state index is 0.0549. The number of nitrogens with zero attached hydrogens (tertiary/aromatic N) is 3. The summed E-state index contributed by atoms with van der Waals surface area (Å²) in [4.78, 5) is 21.5. The number of carbonyl (C=O) groups excluding carboxylic acids is 1. The van der Waals surface area contributed by atoms with Gasteiger partial charge in [-0.05, 0) is 12.5 Å². The van der Waals surface area contributed by atoms with E-state index in [1.807, 2.05) is 0 Å². The van der Waals surface area contributed by atoms with Crippen LogP contribution in [0.1, 0.15) is 24.4 Å². The summed E-state index contributed by atoms with van der Waals surface area (Å²) in [5.41, 5.74) is 6.16. The van der Waals surface area contributed by atoms with Crippen LogP contribution in [0.4, 0.5) is 8.78 Å². The zero-order valence-electron chi connectivity index (χ0n) is 11.9. The van der Waals surface area contributed by atoms with Gasteiger partial charge in [0, 0.05) is 12.0 Å². The van der Waals surface area contributed by atoms with E-state index >= 15 is 0 Å². The van der Waals surface area contributed by atoms with Crippen molar-refractivity contribution >= 4 is 17.6 Å². The molecule has 0 aromatic heterocycles. The Morgan fingerprint density at radius 1 is 1.36 bits per heavy atom. The van der Waals surface area contributed by atoms with E-state index in [1.54, 1.807) is 18.2 Å². The van der Waals surface area contributed by atoms with Crippen molar-refractivity contribution in [3.8, 4) is 0 Å². The van der Waals surface area contributed by atoms with E-state index in [0.29, 0.717) is 24.2 Å². The third kappa shape index (κ3) is 2.84. The lowest BCUT2D eigenvalue weighted by atomic mass is 10.0. The molecular weight excluding hydrogens is 290 g/mol. The molecule has 1 aromatic rings. The van der Waals surface area contributed by atoms with Gasteiger partial charge < -0.3 is 10.6 Å². The second-order valence-corrected chi connectivity index (χ2v) is 5.43. The highest BCUT2D eigenvalue weighted by atomic mass is 19.1. The summed E-state index contributed by atoms with van der Waals surface area (Å²) >= 11 is 0. The maximum atomic E-state index is 13.7. The number of nitrogens with two attached hydrogens (primary N) is 1. The predicted octanol–water partition coefficient (Wildman–Crippen LogP) is 1.60. The van der Waals surface area contributed by atoms with E-state index < -0.39 is 12.1 Å². The van der Waals surface area contributed by atoms with Gasteiger partial charge in [0.05, 0.1) is 19.1 Å². The highest BCUT2D eigenvalue weighted by molar-refractivity contribution is 6.39. The van der Waals surface area contributed by atoms with Gasteiger partial charge in [-0.2, -0.15) is 0 Å². The summed E-state index contributed by atoms with van der Waals surface area (Å²) < 4.78 is 26.5. The van der Waals surface area contributed by atoms with Crippen molar-refractivity contribution in [2.45, 2.75) is 25.1 Å². The third-order valence-electron chi connectivity index (χ3n) is 3.80. The fourth-order valence-electron chi connectivity index (χ4n) is 2.57. The molecule has 0 bridgehead atoms. The summed E-state index contributed by atoms with van der Waals surface area (Å²) in [6.45, 7) is 0.110. The maximum Gasteiger partial charge on any atom is 0.289 e. The van der Waals surface area contributed by atoms with Crippen LogP contribution in [-0.2, 0) is 4.79 Å². The molecule has 2 aliphatic heterocycles. The number of rotatable bonds is 1. The smallest absolute Gasteiger partial charge is 0.289 e. The molecule has 1 unspecified atom stereocenters. The Kier molecular flexibility index (Phi) is 3.87. The molecule has 22 heavy (non-hydrogen) atoms. The lowest BCUT2D eigenvalue weighted by Gasteiger charge is -2.33. The average molecular weight is 306 g/mol. The SMILES string of the molecule is NC(=NC1=NC(c2ccccc2F)CC1)C(=O)N1CC(F)C1. The number of carbonyl (C=O) groups is 1. The molecule has 0 aliphatic carbocycles. The molecule has 0 spiro atoms. The van der Waals surface area contributed by atoms with E-state index in [4.69, 9.17) is 5.73 Å². The zero-order chi connectivity index (χ0) is 15.7. The first-order valence-electron chi connectivity index (χ1n) is 7.13. The summed E-state index contributed by atoms with van der Waals surface area (Å²) in [5.74, 6) is -0.553. The lowest BCUT2D eigenvalue weighted by Crippen LogP contribution is -2.55. The van der Waals surface area contributed by atoms with Gasteiger partial charge in [-0.15, -0.1) is 0 Å². The number of hydrogen-bond donors (Lipinski definition) is 1. The van der Waals surface area contributed by atoms with Crippen LogP contribution < -0.4 is 5.73 Å². The molecule has 2 heterocycles. The van der Waals surface area contributed by atoms with Crippen LogP contribution in [0.3, 0.4) is 0 Å². The number of likely N-dealkylation sites (tertiary alicyclic amines) is 1. The van der Waals surface area contributed by atoms with E-state index in [2.05, 4.69) is 9.98 Å². The molecule has 1 aromatic carbocycles. The quantitative estimate of drug-likeness (QED) is 0.632. The third-order valence-corrected chi connectivity index (χ3v) is 3.80. The molecule has 1 fully saturated rings. The first-order chi connectivity index (χ1) is 10.5. The number of amidine groups is 2. The zero-order valence-corrected chi connectivity index (χ0v) is 11.9. The molecule has 116 valence electrons. The van der Waals surface area contributed by atoms with Crippen LogP contribution in [-0.4, -0.2) is 41.7 Å². The number of amides is 1. The average Bonchev–Trinajstić information content (AvgIpc) is 2.92. The van der Waals surface area contributed by atoms with Gasteiger partial charge in [-0.3, -0.25) is 9.79 Å². The van der Waals surface area contributed by atoms with Crippen LogP contribution in [0, 0.1) is 5.82 Å². The topological polar surface area (TPSA) is 71.0 Å². The minimum Gasteiger partial charge on any atom is -0.379 e. The molecule has 1 atom stereocenters. The standard InChI is InChI=1S/C15H16F2N4O/c16-9-7-21(8-9)15(22)14(18)20-13-6-5-12(19-13)10-3-1-2-4-11(10)17/h1-4,9,12H,5-8H2,(H2,18,19,20). The number of hydrogen-bond acceptors (Lipinski definition) is 3. The second kappa shape index (κ2) is 5.82. The molecular formula is C15H16F2N4O. The van der Waals surface area contributed by atoms with Gasteiger partial charge in [0.25, 0.3) is 5.91 Å². The molecule has 3 rings (SSSR count). The minimum atomic E-state index is -0.981. The first-order valence-corrected chi connectivity index (χ1v) is 7.13. The van der Waals surface area contributed by atoms with Gasteiger partial charge in [0.2, 0.25) is 0 Å². The fourth-order valence-corrected chi connectivity index (χ4v) is 2.57. The van der Waals surface area contributed by atoms with Crippen molar-refractivity contribution in [1.29, 1.82) is 0 Å². The molecule has 1 saturated heterocycles. The van der Waals surface area contributed by atoms with Crippen molar-refractivity contribution in [2.75, 3.05) is 13.1 Å². The summed E-state index contributed by atoms with van der Waals surface area (Å²) in [6, 6.07) is 6.15. The van der Waals surface area contributed by atoms with Crippen molar-refractivity contribution in [3.05, 3.63) is 35.6 Å². The van der Waals surface area contributed by atoms with Crippen molar-refractivity contribution in [3.63, 3.8) is 0 Å². The van der Waals surface area contributed by atoms with Gasteiger partial charge >= 0.3 is 0 Å². The second-order valence-electron chi connectivity index (χ2n) is 5.43. The van der Waals surface area contributed by atoms with Gasteiger partial charge in [-0.1, -0.05) is 18.2 Å². The van der Waals surface area contributed by atoms with Crippen molar-refractivity contribution < 1.29 is 13.6 Å². The van der Waals surface area contributed by atoms with Crippen LogP contribution in [0.15, 0.2) is 34.3 Å². The Morgan fingerprint density at radius 2 is 2.09 bits per heavy atom. The largest absolute Gasteiger partial charge is 0.379 e. The lowest BCUT2D eigenvalue weighted by molar-refractivity contribution is -0.130. The molecule has 1 amide bonds. The Labute approximate surface area is 126 Å². The summed E-state index contributed by atoms with van der Waals surface area (Å²) in [6.07, 6.45) is 0.168. The Bertz CT molecular complexity index is 653. The molecule has 0 radical (unpaired) electrons. The number of halogens is 2. The highest BCUT2D eigenvalue weighted by Crippen LogP contribution is 2.30. The van der Waals surface area contributed by atoms with Gasteiger partial charge in [-0.25, -0.2) is 13.8 Å². The maximum absolute atomic E-state index is 13.7. The first kappa shape index (κ1) is 14.6. The van der Waals surface area contributed by atoms with Crippen LogP contribution >= 0.6 is 0 Å². The molecule has 0 saturated carbocycles. The highest BCUT2D eigenvalue weighted by Gasteiger charge is 2.32. The molecule has 2 aliphatic rings. The monoisotopic (exact) mass is 306 g/mol. The number of aliphatic imine (C=N–C) groups is 2. The Hall–Kier alpha value is -2.31. The van der Waals surface area contributed by atoms with E-state index in [0.717, 1.165) is 0 Å². The van der Waals surface area contributed by atoms with Gasteiger partial charge in [0.1, 0.15) is 17.8 Å².